The van der Waals surface area contributed by atoms with Crippen molar-refractivity contribution < 1.29 is 24.2 Å². The van der Waals surface area contributed by atoms with Crippen LogP contribution < -0.4 is 10.6 Å². The zero-order chi connectivity index (χ0) is 25.8. The number of hydrogen-bond acceptors (Lipinski definition) is 7. The maximum absolute atomic E-state index is 13.3. The molecule has 2 amide bonds. The number of hydrogen-bond donors (Lipinski definition) is 3. The molecule has 35 heavy (non-hydrogen) atoms. The van der Waals surface area contributed by atoms with Gasteiger partial charge in [-0.3, -0.25) is 19.3 Å². The summed E-state index contributed by atoms with van der Waals surface area (Å²) in [5.74, 6) is -1.38. The highest BCUT2D eigenvalue weighted by Crippen LogP contribution is 2.35. The lowest BCUT2D eigenvalue weighted by molar-refractivity contribution is -0.153. The van der Waals surface area contributed by atoms with Crippen LogP contribution in [0.25, 0.3) is 10.8 Å². The van der Waals surface area contributed by atoms with E-state index < -0.39 is 23.2 Å². The largest absolute Gasteiger partial charge is 0.509 e. The van der Waals surface area contributed by atoms with Gasteiger partial charge in [-0.25, -0.2) is 0 Å². The number of carbonyl (C=O) groups excluding carboxylic acids is 3. The first-order chi connectivity index (χ1) is 16.6. The summed E-state index contributed by atoms with van der Waals surface area (Å²) in [6, 6.07) is 8.86. The minimum atomic E-state index is -1.04. The van der Waals surface area contributed by atoms with Gasteiger partial charge in [-0.05, 0) is 51.1 Å². The molecule has 3 rings (SSSR count). The van der Waals surface area contributed by atoms with E-state index in [1.165, 1.54) is 6.08 Å². The van der Waals surface area contributed by atoms with Gasteiger partial charge in [0.15, 0.2) is 0 Å². The number of aliphatic hydroxyl groups excluding tert-OH is 1. The predicted molar refractivity (Wildman–Crippen MR) is 136 cm³/mol. The molecule has 0 saturated heterocycles. The Morgan fingerprint density at radius 1 is 1.09 bits per heavy atom. The van der Waals surface area contributed by atoms with Gasteiger partial charge in [0.2, 0.25) is 0 Å². The maximum atomic E-state index is 13.3. The number of rotatable bonds is 11. The fraction of sp³-hybridized carbons (Fsp3) is 0.296. The van der Waals surface area contributed by atoms with Gasteiger partial charge in [0.1, 0.15) is 5.76 Å². The smallest absolute Gasteiger partial charge is 0.313 e. The molecule has 0 saturated carbocycles. The maximum Gasteiger partial charge on any atom is 0.313 e. The topological polar surface area (TPSA) is 108 Å². The lowest BCUT2D eigenvalue weighted by Crippen LogP contribution is -2.48. The van der Waals surface area contributed by atoms with E-state index >= 15 is 0 Å². The van der Waals surface area contributed by atoms with Crippen LogP contribution in [-0.2, 0) is 9.53 Å². The number of aliphatic hydroxyl groups is 1. The monoisotopic (exact) mass is 477 g/mol. The molecular formula is C27H31N3O5. The molecule has 0 radical (unpaired) electrons. The first-order valence-corrected chi connectivity index (χ1v) is 11.4. The van der Waals surface area contributed by atoms with E-state index in [0.717, 1.165) is 16.0 Å². The second-order valence-corrected chi connectivity index (χ2v) is 8.89. The Morgan fingerprint density at radius 2 is 1.77 bits per heavy atom. The van der Waals surface area contributed by atoms with Crippen molar-refractivity contribution in [1.82, 2.24) is 10.2 Å². The molecule has 0 atom stereocenters. The molecule has 184 valence electrons. The molecule has 0 spiro atoms. The number of amides is 2. The first-order valence-electron chi connectivity index (χ1n) is 11.4. The second-order valence-electron chi connectivity index (χ2n) is 8.89. The molecular weight excluding hydrogens is 446 g/mol. The lowest BCUT2D eigenvalue weighted by atomic mass is 9.89. The quantitative estimate of drug-likeness (QED) is 0.147. The molecule has 0 fully saturated rings. The standard InChI is InChI=1S/C27H31N3O5/c1-6-35-26(34)27(4,5)16-30-24(32)20-9-7-8-19-22(13-12-21(23(19)20)25(30)33)29-15-14-28-17(2)10-11-18(3)31/h7-13,28-29,31H,2-3,6,14-16H2,1,4-5H3/b11-10-. The van der Waals surface area contributed by atoms with Gasteiger partial charge < -0.3 is 20.5 Å². The van der Waals surface area contributed by atoms with Crippen LogP contribution in [-0.4, -0.2) is 54.0 Å². The van der Waals surface area contributed by atoms with E-state index in [1.54, 1.807) is 45.0 Å². The van der Waals surface area contributed by atoms with E-state index in [2.05, 4.69) is 23.8 Å². The van der Waals surface area contributed by atoms with E-state index in [-0.39, 0.29) is 18.9 Å². The molecule has 1 heterocycles. The zero-order valence-electron chi connectivity index (χ0n) is 20.3. The lowest BCUT2D eigenvalue weighted by Gasteiger charge is -2.33. The number of ether oxygens (including phenoxy) is 1. The molecule has 3 N–H and O–H groups in total. The van der Waals surface area contributed by atoms with E-state index in [4.69, 9.17) is 9.84 Å². The van der Waals surface area contributed by atoms with E-state index in [0.29, 0.717) is 35.3 Å². The van der Waals surface area contributed by atoms with Gasteiger partial charge in [0, 0.05) is 52.9 Å². The number of carbonyl (C=O) groups is 3. The van der Waals surface area contributed by atoms with Crippen molar-refractivity contribution in [3.63, 3.8) is 0 Å². The fourth-order valence-corrected chi connectivity index (χ4v) is 3.91. The third kappa shape index (κ3) is 5.54. The highest BCUT2D eigenvalue weighted by atomic mass is 16.5. The summed E-state index contributed by atoms with van der Waals surface area (Å²) in [6.07, 6.45) is 3.07. The molecule has 0 aromatic heterocycles. The first kappa shape index (κ1) is 25.6. The summed E-state index contributed by atoms with van der Waals surface area (Å²) in [5.41, 5.74) is 1.21. The summed E-state index contributed by atoms with van der Waals surface area (Å²) >= 11 is 0. The van der Waals surface area contributed by atoms with Gasteiger partial charge in [-0.15, -0.1) is 0 Å². The van der Waals surface area contributed by atoms with Gasteiger partial charge in [0.25, 0.3) is 11.8 Å². The van der Waals surface area contributed by atoms with Crippen LogP contribution in [0.3, 0.4) is 0 Å². The van der Waals surface area contributed by atoms with Crippen molar-refractivity contribution in [2.24, 2.45) is 5.41 Å². The molecule has 0 unspecified atom stereocenters. The van der Waals surface area contributed by atoms with Crippen molar-refractivity contribution in [2.75, 3.05) is 31.6 Å². The van der Waals surface area contributed by atoms with Crippen LogP contribution in [0.5, 0.6) is 0 Å². The number of nitrogens with one attached hydrogen (secondary N) is 2. The Morgan fingerprint density at radius 3 is 2.43 bits per heavy atom. The molecule has 0 bridgehead atoms. The molecule has 8 heteroatoms. The average molecular weight is 478 g/mol. The summed E-state index contributed by atoms with van der Waals surface area (Å²) in [5, 5.41) is 16.9. The molecule has 2 aromatic carbocycles. The van der Waals surface area contributed by atoms with Crippen LogP contribution >= 0.6 is 0 Å². The predicted octanol–water partition coefficient (Wildman–Crippen LogP) is 4.17. The number of benzene rings is 2. The highest BCUT2D eigenvalue weighted by Gasteiger charge is 2.40. The average Bonchev–Trinajstić information content (AvgIpc) is 2.82. The number of nitrogens with zero attached hydrogens (tertiary/aromatic N) is 1. The van der Waals surface area contributed by atoms with Crippen molar-refractivity contribution in [3.05, 3.63) is 78.2 Å². The van der Waals surface area contributed by atoms with Gasteiger partial charge in [-0.2, -0.15) is 0 Å². The fourth-order valence-electron chi connectivity index (χ4n) is 3.91. The van der Waals surface area contributed by atoms with Crippen LogP contribution in [0.2, 0.25) is 0 Å². The highest BCUT2D eigenvalue weighted by molar-refractivity contribution is 6.26. The van der Waals surface area contributed by atoms with E-state index in [1.807, 2.05) is 12.1 Å². The molecule has 0 aliphatic carbocycles. The Balaban J connectivity index is 1.80. The van der Waals surface area contributed by atoms with Crippen LogP contribution in [0.15, 0.2) is 67.1 Å². The Bertz CT molecular complexity index is 1210. The Kier molecular flexibility index (Phi) is 7.64. The molecule has 1 aliphatic rings. The van der Waals surface area contributed by atoms with Gasteiger partial charge in [-0.1, -0.05) is 25.3 Å². The normalized spacial score (nSPS) is 13.3. The van der Waals surface area contributed by atoms with Crippen molar-refractivity contribution in [1.29, 1.82) is 0 Å². The minimum absolute atomic E-state index is 0.0537. The number of imide groups is 1. The zero-order valence-corrected chi connectivity index (χ0v) is 20.3. The summed E-state index contributed by atoms with van der Waals surface area (Å²) < 4.78 is 5.12. The van der Waals surface area contributed by atoms with Crippen molar-refractivity contribution >= 4 is 34.2 Å². The summed E-state index contributed by atoms with van der Waals surface area (Å²) in [4.78, 5) is 40.1. The Hall–Kier alpha value is -4.07. The summed E-state index contributed by atoms with van der Waals surface area (Å²) in [6.45, 7) is 13.5. The third-order valence-electron chi connectivity index (χ3n) is 5.64. The second kappa shape index (κ2) is 10.5. The van der Waals surface area contributed by atoms with Crippen molar-refractivity contribution in [2.45, 2.75) is 20.8 Å². The van der Waals surface area contributed by atoms with Crippen molar-refractivity contribution in [3.8, 4) is 0 Å². The minimum Gasteiger partial charge on any atom is -0.509 e. The number of allylic oxidation sites excluding steroid dienone is 2. The van der Waals surface area contributed by atoms with Gasteiger partial charge >= 0.3 is 5.97 Å². The van der Waals surface area contributed by atoms with Crippen LogP contribution in [0.1, 0.15) is 41.5 Å². The molecule has 2 aromatic rings. The van der Waals surface area contributed by atoms with E-state index in [9.17, 15) is 14.4 Å². The SMILES string of the molecule is C=C(O)/C=C\C(=C)NCCNc1ccc2c3c(cccc13)C(=O)N(CC(C)(C)C(=O)OCC)C2=O. The van der Waals surface area contributed by atoms with Gasteiger partial charge in [0.05, 0.1) is 12.0 Å². The number of esters is 1. The third-order valence-corrected chi connectivity index (χ3v) is 5.64. The van der Waals surface area contributed by atoms with Crippen LogP contribution in [0, 0.1) is 5.41 Å². The van der Waals surface area contributed by atoms with Crippen LogP contribution in [0.4, 0.5) is 5.69 Å². The summed E-state index contributed by atoms with van der Waals surface area (Å²) in [7, 11) is 0. The molecule has 8 nitrogen and oxygen atoms in total. The number of anilines is 1. The molecule has 1 aliphatic heterocycles. The Labute approximate surface area is 204 Å².